The monoisotopic (exact) mass is 421 g/mol. The molecule has 0 radical (unpaired) electrons. The largest absolute Gasteiger partial charge is 0.487 e. The van der Waals surface area contributed by atoms with Gasteiger partial charge >= 0.3 is 0 Å². The van der Waals surface area contributed by atoms with Crippen LogP contribution in [-0.2, 0) is 14.9 Å². The van der Waals surface area contributed by atoms with Crippen molar-refractivity contribution in [1.29, 1.82) is 0 Å². The summed E-state index contributed by atoms with van der Waals surface area (Å²) in [6.07, 6.45) is 3.59. The van der Waals surface area contributed by atoms with E-state index >= 15 is 0 Å². The lowest BCUT2D eigenvalue weighted by atomic mass is 9.78. The van der Waals surface area contributed by atoms with Gasteiger partial charge in [-0.3, -0.25) is 4.79 Å². The number of carbonyl (C=O) groups excluding carboxylic acids is 1. The van der Waals surface area contributed by atoms with Gasteiger partial charge in [0, 0.05) is 17.8 Å². The summed E-state index contributed by atoms with van der Waals surface area (Å²) in [7, 11) is 1.62. The summed E-state index contributed by atoms with van der Waals surface area (Å²) in [5, 5.41) is 4.17. The first-order valence-corrected chi connectivity index (χ1v) is 10.2. The Hall–Kier alpha value is -1.75. The summed E-state index contributed by atoms with van der Waals surface area (Å²) in [4.78, 5) is 13.2. The maximum atomic E-state index is 13.2. The average Bonchev–Trinajstić information content (AvgIpc) is 3.16. The van der Waals surface area contributed by atoms with Crippen molar-refractivity contribution in [2.24, 2.45) is 0 Å². The zero-order chi connectivity index (χ0) is 20.1. The molecular formula is C22H25Cl2NO3. The van der Waals surface area contributed by atoms with E-state index in [9.17, 15) is 4.79 Å². The van der Waals surface area contributed by atoms with E-state index in [1.165, 1.54) is 0 Å². The molecule has 6 heteroatoms. The molecule has 2 aromatic carbocycles. The number of amides is 1. The standard InChI is InChI=1S/C22H25Cl2NO3/c1-15(14-27-2)28-20-10-9-18(13-19(20)24)25-21(26)22(11-3-4-12-22)16-5-7-17(23)8-6-16/h5-10,13,15H,3-4,11-12,14H2,1-2H3,(H,25,26)/t15-/m1/s1. The lowest BCUT2D eigenvalue weighted by Crippen LogP contribution is -2.38. The molecule has 1 saturated carbocycles. The molecule has 0 bridgehead atoms. The molecule has 1 N–H and O–H groups in total. The van der Waals surface area contributed by atoms with Crippen molar-refractivity contribution in [3.8, 4) is 5.75 Å². The second-order valence-electron chi connectivity index (χ2n) is 7.28. The van der Waals surface area contributed by atoms with Crippen molar-refractivity contribution in [1.82, 2.24) is 0 Å². The van der Waals surface area contributed by atoms with Crippen molar-refractivity contribution in [3.05, 3.63) is 58.1 Å². The first-order valence-electron chi connectivity index (χ1n) is 9.47. The summed E-state index contributed by atoms with van der Waals surface area (Å²) < 4.78 is 10.8. The normalized spacial score (nSPS) is 16.6. The number of hydrogen-bond acceptors (Lipinski definition) is 3. The molecule has 2 aromatic rings. The fourth-order valence-corrected chi connectivity index (χ4v) is 4.16. The van der Waals surface area contributed by atoms with Crippen molar-refractivity contribution in [2.45, 2.75) is 44.1 Å². The average molecular weight is 422 g/mol. The second-order valence-corrected chi connectivity index (χ2v) is 8.12. The summed E-state index contributed by atoms with van der Waals surface area (Å²) in [5.41, 5.74) is 1.13. The van der Waals surface area contributed by atoms with E-state index in [1.807, 2.05) is 37.3 Å². The highest BCUT2D eigenvalue weighted by molar-refractivity contribution is 6.32. The summed E-state index contributed by atoms with van der Waals surface area (Å²) in [6.45, 7) is 2.38. The van der Waals surface area contributed by atoms with Crippen LogP contribution in [0.15, 0.2) is 42.5 Å². The Labute approximate surface area is 176 Å². The van der Waals surface area contributed by atoms with Crippen LogP contribution in [0.25, 0.3) is 0 Å². The Morgan fingerprint density at radius 3 is 2.43 bits per heavy atom. The number of nitrogens with one attached hydrogen (secondary N) is 1. The number of anilines is 1. The van der Waals surface area contributed by atoms with Gasteiger partial charge in [-0.05, 0) is 55.7 Å². The third-order valence-electron chi connectivity index (χ3n) is 5.21. The Kier molecular flexibility index (Phi) is 6.86. The number of carbonyl (C=O) groups is 1. The first-order chi connectivity index (χ1) is 13.4. The summed E-state index contributed by atoms with van der Waals surface area (Å²) in [5.74, 6) is 0.558. The Balaban J connectivity index is 1.77. The first kappa shape index (κ1) is 21.0. The fourth-order valence-electron chi connectivity index (χ4n) is 3.80. The molecular weight excluding hydrogens is 397 g/mol. The van der Waals surface area contributed by atoms with Crippen LogP contribution < -0.4 is 10.1 Å². The van der Waals surface area contributed by atoms with Crippen LogP contribution in [-0.4, -0.2) is 25.7 Å². The van der Waals surface area contributed by atoms with E-state index in [-0.39, 0.29) is 12.0 Å². The Bertz CT molecular complexity index is 817. The van der Waals surface area contributed by atoms with Gasteiger partial charge in [-0.15, -0.1) is 0 Å². The Morgan fingerprint density at radius 2 is 1.82 bits per heavy atom. The lowest BCUT2D eigenvalue weighted by Gasteiger charge is -2.28. The van der Waals surface area contributed by atoms with Crippen LogP contribution in [0.1, 0.15) is 38.2 Å². The van der Waals surface area contributed by atoms with Crippen molar-refractivity contribution >= 4 is 34.8 Å². The highest BCUT2D eigenvalue weighted by Crippen LogP contribution is 2.42. The SMILES string of the molecule is COC[C@@H](C)Oc1ccc(NC(=O)C2(c3ccc(Cl)cc3)CCCC2)cc1Cl. The van der Waals surface area contributed by atoms with E-state index in [0.29, 0.717) is 28.1 Å². The minimum Gasteiger partial charge on any atom is -0.487 e. The van der Waals surface area contributed by atoms with Crippen molar-refractivity contribution in [2.75, 3.05) is 19.0 Å². The van der Waals surface area contributed by atoms with Crippen LogP contribution in [0.3, 0.4) is 0 Å². The van der Waals surface area contributed by atoms with Gasteiger partial charge in [-0.25, -0.2) is 0 Å². The molecule has 0 aliphatic heterocycles. The highest BCUT2D eigenvalue weighted by Gasteiger charge is 2.42. The highest BCUT2D eigenvalue weighted by atomic mass is 35.5. The minimum absolute atomic E-state index is 0.00944. The second kappa shape index (κ2) is 9.17. The molecule has 0 aromatic heterocycles. The van der Waals surface area contributed by atoms with Crippen molar-refractivity contribution in [3.63, 3.8) is 0 Å². The van der Waals surface area contributed by atoms with Gasteiger partial charge in [0.15, 0.2) is 0 Å². The van der Waals surface area contributed by atoms with Crippen molar-refractivity contribution < 1.29 is 14.3 Å². The molecule has 0 unspecified atom stereocenters. The number of halogens is 2. The molecule has 1 atom stereocenters. The van der Waals surface area contributed by atoms with E-state index in [0.717, 1.165) is 31.2 Å². The Morgan fingerprint density at radius 1 is 1.14 bits per heavy atom. The quantitative estimate of drug-likeness (QED) is 0.608. The molecule has 28 heavy (non-hydrogen) atoms. The van der Waals surface area contributed by atoms with Gasteiger partial charge in [0.1, 0.15) is 11.9 Å². The molecule has 1 fully saturated rings. The summed E-state index contributed by atoms with van der Waals surface area (Å²) in [6, 6.07) is 12.9. The predicted molar refractivity (Wildman–Crippen MR) is 114 cm³/mol. The molecule has 1 aliphatic rings. The maximum Gasteiger partial charge on any atom is 0.235 e. The van der Waals surface area contributed by atoms with Gasteiger partial charge in [0.25, 0.3) is 0 Å². The van der Waals surface area contributed by atoms with Crippen LogP contribution >= 0.6 is 23.2 Å². The number of methoxy groups -OCH3 is 1. The smallest absolute Gasteiger partial charge is 0.235 e. The van der Waals surface area contributed by atoms with E-state index in [4.69, 9.17) is 32.7 Å². The predicted octanol–water partition coefficient (Wildman–Crippen LogP) is 5.86. The molecule has 3 rings (SSSR count). The van der Waals surface area contributed by atoms with Crippen LogP contribution in [0, 0.1) is 0 Å². The number of benzene rings is 2. The maximum absolute atomic E-state index is 13.2. The number of ether oxygens (including phenoxy) is 2. The molecule has 0 heterocycles. The van der Waals surface area contributed by atoms with Gasteiger partial charge in [-0.1, -0.05) is 48.2 Å². The topological polar surface area (TPSA) is 47.6 Å². The van der Waals surface area contributed by atoms with Gasteiger partial charge in [0.2, 0.25) is 5.91 Å². The molecule has 1 amide bonds. The van der Waals surface area contributed by atoms with Gasteiger partial charge in [0.05, 0.1) is 17.0 Å². The number of hydrogen-bond donors (Lipinski definition) is 1. The number of rotatable bonds is 7. The third-order valence-corrected chi connectivity index (χ3v) is 5.76. The zero-order valence-electron chi connectivity index (χ0n) is 16.1. The van der Waals surface area contributed by atoms with Gasteiger partial charge < -0.3 is 14.8 Å². The van der Waals surface area contributed by atoms with Crippen LogP contribution in [0.2, 0.25) is 10.0 Å². The van der Waals surface area contributed by atoms with Crippen LogP contribution in [0.4, 0.5) is 5.69 Å². The minimum atomic E-state index is -0.529. The molecule has 150 valence electrons. The van der Waals surface area contributed by atoms with E-state index in [1.54, 1.807) is 19.2 Å². The molecule has 0 spiro atoms. The fraction of sp³-hybridized carbons (Fsp3) is 0.409. The molecule has 1 aliphatic carbocycles. The van der Waals surface area contributed by atoms with E-state index < -0.39 is 5.41 Å². The van der Waals surface area contributed by atoms with E-state index in [2.05, 4.69) is 5.32 Å². The molecule has 4 nitrogen and oxygen atoms in total. The molecule has 0 saturated heterocycles. The third kappa shape index (κ3) is 4.62. The van der Waals surface area contributed by atoms with Gasteiger partial charge in [-0.2, -0.15) is 0 Å². The summed E-state index contributed by atoms with van der Waals surface area (Å²) >= 11 is 12.4. The zero-order valence-corrected chi connectivity index (χ0v) is 17.6. The van der Waals surface area contributed by atoms with Crippen LogP contribution in [0.5, 0.6) is 5.75 Å². The lowest BCUT2D eigenvalue weighted by molar-refractivity contribution is -0.121.